The van der Waals surface area contributed by atoms with Gasteiger partial charge in [-0.25, -0.2) is 4.98 Å². The van der Waals surface area contributed by atoms with E-state index in [4.69, 9.17) is 0 Å². The number of amides is 1. The summed E-state index contributed by atoms with van der Waals surface area (Å²) in [6.07, 6.45) is 1.47. The van der Waals surface area contributed by atoms with Crippen LogP contribution in [0.3, 0.4) is 0 Å². The number of nitrogens with one attached hydrogen (secondary N) is 1. The largest absolute Gasteiger partial charge is 0.319 e. The van der Waals surface area contributed by atoms with Gasteiger partial charge in [0.25, 0.3) is 5.91 Å². The molecule has 1 N–H and O–H groups in total. The molecule has 0 saturated heterocycles. The predicted molar refractivity (Wildman–Crippen MR) is 74.0 cm³/mol. The fourth-order valence-electron chi connectivity index (χ4n) is 1.70. The smallest absolute Gasteiger partial charge is 0.275 e. The van der Waals surface area contributed by atoms with Crippen LogP contribution in [0.15, 0.2) is 36.0 Å². The molecule has 3 rings (SSSR count). The van der Waals surface area contributed by atoms with Gasteiger partial charge in [-0.1, -0.05) is 12.1 Å². The van der Waals surface area contributed by atoms with Crippen molar-refractivity contribution in [2.24, 2.45) is 0 Å². The van der Waals surface area contributed by atoms with Crippen LogP contribution in [-0.2, 0) is 0 Å². The van der Waals surface area contributed by atoms with Gasteiger partial charge in [0.1, 0.15) is 12.0 Å². The first-order valence-electron chi connectivity index (χ1n) is 5.80. The normalized spacial score (nSPS) is 10.4. The van der Waals surface area contributed by atoms with Gasteiger partial charge in [0.05, 0.1) is 16.4 Å². The highest BCUT2D eigenvalue weighted by Crippen LogP contribution is 2.19. The highest BCUT2D eigenvalue weighted by molar-refractivity contribution is 7.09. The van der Waals surface area contributed by atoms with Crippen molar-refractivity contribution in [3.8, 4) is 5.69 Å². The third-order valence-corrected chi connectivity index (χ3v) is 3.37. The molecule has 3 aromatic rings. The van der Waals surface area contributed by atoms with Crippen molar-refractivity contribution >= 4 is 22.9 Å². The number of rotatable bonds is 3. The second kappa shape index (κ2) is 5.17. The second-order valence-electron chi connectivity index (χ2n) is 3.98. The Balaban J connectivity index is 1.90. The molecule has 0 radical (unpaired) electrons. The minimum absolute atomic E-state index is 0.255. The zero-order chi connectivity index (χ0) is 13.9. The molecule has 100 valence electrons. The van der Waals surface area contributed by atoms with Gasteiger partial charge in [0.15, 0.2) is 0 Å². The van der Waals surface area contributed by atoms with E-state index >= 15 is 0 Å². The Morgan fingerprint density at radius 2 is 2.20 bits per heavy atom. The van der Waals surface area contributed by atoms with E-state index in [0.29, 0.717) is 17.1 Å². The Labute approximate surface area is 118 Å². The van der Waals surface area contributed by atoms with E-state index < -0.39 is 0 Å². The summed E-state index contributed by atoms with van der Waals surface area (Å²) in [5, 5.41) is 16.4. The zero-order valence-electron chi connectivity index (χ0n) is 10.5. The standard InChI is InChI=1S/C12H10N6OS/c1-8-14-10(6-20-8)12(19)15-9-4-2-3-5-11(9)18-7-13-16-17-18/h2-7H,1H3,(H,15,19). The van der Waals surface area contributed by atoms with E-state index in [1.165, 1.54) is 22.3 Å². The number of aromatic nitrogens is 5. The number of hydrogen-bond donors (Lipinski definition) is 1. The van der Waals surface area contributed by atoms with Crippen molar-refractivity contribution in [3.05, 3.63) is 46.7 Å². The Kier molecular flexibility index (Phi) is 3.21. The third-order valence-electron chi connectivity index (χ3n) is 2.60. The topological polar surface area (TPSA) is 85.6 Å². The van der Waals surface area contributed by atoms with Crippen LogP contribution < -0.4 is 5.32 Å². The van der Waals surface area contributed by atoms with Crippen LogP contribution >= 0.6 is 11.3 Å². The van der Waals surface area contributed by atoms with E-state index in [2.05, 4.69) is 25.8 Å². The predicted octanol–water partition coefficient (Wildman–Crippen LogP) is 1.68. The van der Waals surface area contributed by atoms with Crippen molar-refractivity contribution in [2.45, 2.75) is 6.92 Å². The molecule has 0 aliphatic heterocycles. The minimum atomic E-state index is -0.255. The van der Waals surface area contributed by atoms with Crippen LogP contribution in [-0.4, -0.2) is 31.1 Å². The molecule has 1 amide bonds. The fraction of sp³-hybridized carbons (Fsp3) is 0.0833. The zero-order valence-corrected chi connectivity index (χ0v) is 11.3. The number of benzene rings is 1. The summed E-state index contributed by atoms with van der Waals surface area (Å²) in [7, 11) is 0. The van der Waals surface area contributed by atoms with Crippen LogP contribution in [0.1, 0.15) is 15.5 Å². The van der Waals surface area contributed by atoms with Gasteiger partial charge in [0, 0.05) is 5.38 Å². The number of para-hydroxylation sites is 2. The van der Waals surface area contributed by atoms with E-state index in [-0.39, 0.29) is 5.91 Å². The van der Waals surface area contributed by atoms with Crippen LogP contribution in [0.2, 0.25) is 0 Å². The summed E-state index contributed by atoms with van der Waals surface area (Å²) in [5.41, 5.74) is 1.72. The van der Waals surface area contributed by atoms with E-state index in [1.807, 2.05) is 25.1 Å². The molecular formula is C12H10N6OS. The molecule has 0 saturated carbocycles. The van der Waals surface area contributed by atoms with Crippen LogP contribution in [0, 0.1) is 6.92 Å². The first-order valence-corrected chi connectivity index (χ1v) is 6.68. The SMILES string of the molecule is Cc1nc(C(=O)Nc2ccccc2-n2cnnn2)cs1. The summed E-state index contributed by atoms with van der Waals surface area (Å²) >= 11 is 1.44. The summed E-state index contributed by atoms with van der Waals surface area (Å²) in [4.78, 5) is 16.3. The average Bonchev–Trinajstić information content (AvgIpc) is 3.10. The molecule has 2 aromatic heterocycles. The summed E-state index contributed by atoms with van der Waals surface area (Å²) in [6, 6.07) is 7.28. The number of carbonyl (C=O) groups is 1. The molecule has 0 aliphatic carbocycles. The molecule has 1 aromatic carbocycles. The number of hydrogen-bond acceptors (Lipinski definition) is 6. The number of nitrogens with zero attached hydrogens (tertiary/aromatic N) is 5. The number of thiazole rings is 1. The number of anilines is 1. The van der Waals surface area contributed by atoms with Crippen molar-refractivity contribution in [1.82, 2.24) is 25.2 Å². The lowest BCUT2D eigenvalue weighted by Crippen LogP contribution is -2.14. The molecule has 0 fully saturated rings. The van der Waals surface area contributed by atoms with Crippen molar-refractivity contribution in [3.63, 3.8) is 0 Å². The lowest BCUT2D eigenvalue weighted by molar-refractivity contribution is 0.102. The average molecular weight is 286 g/mol. The molecule has 0 aliphatic rings. The Morgan fingerprint density at radius 1 is 1.35 bits per heavy atom. The first kappa shape index (κ1) is 12.4. The van der Waals surface area contributed by atoms with E-state index in [9.17, 15) is 4.79 Å². The Hall–Kier alpha value is -2.61. The minimum Gasteiger partial charge on any atom is -0.319 e. The molecule has 7 nitrogen and oxygen atoms in total. The number of carbonyl (C=O) groups excluding carboxylic acids is 1. The molecule has 20 heavy (non-hydrogen) atoms. The maximum absolute atomic E-state index is 12.1. The summed E-state index contributed by atoms with van der Waals surface area (Å²) in [6.45, 7) is 1.86. The van der Waals surface area contributed by atoms with E-state index in [0.717, 1.165) is 5.01 Å². The molecule has 0 bridgehead atoms. The quantitative estimate of drug-likeness (QED) is 0.791. The highest BCUT2D eigenvalue weighted by Gasteiger charge is 2.12. The van der Waals surface area contributed by atoms with Crippen molar-refractivity contribution < 1.29 is 4.79 Å². The van der Waals surface area contributed by atoms with Gasteiger partial charge < -0.3 is 5.32 Å². The number of tetrazole rings is 1. The molecule has 0 atom stereocenters. The van der Waals surface area contributed by atoms with Crippen LogP contribution in [0.25, 0.3) is 5.69 Å². The van der Waals surface area contributed by atoms with Crippen molar-refractivity contribution in [2.75, 3.05) is 5.32 Å². The molecule has 2 heterocycles. The van der Waals surface area contributed by atoms with Gasteiger partial charge in [0.2, 0.25) is 0 Å². The second-order valence-corrected chi connectivity index (χ2v) is 5.04. The fourth-order valence-corrected chi connectivity index (χ4v) is 2.30. The summed E-state index contributed by atoms with van der Waals surface area (Å²) in [5.74, 6) is -0.255. The van der Waals surface area contributed by atoms with Gasteiger partial charge in [-0.3, -0.25) is 4.79 Å². The van der Waals surface area contributed by atoms with E-state index in [1.54, 1.807) is 11.4 Å². The molecular weight excluding hydrogens is 276 g/mol. The van der Waals surface area contributed by atoms with Crippen molar-refractivity contribution in [1.29, 1.82) is 0 Å². The summed E-state index contributed by atoms with van der Waals surface area (Å²) < 4.78 is 1.49. The monoisotopic (exact) mass is 286 g/mol. The third kappa shape index (κ3) is 2.41. The first-order chi connectivity index (χ1) is 9.74. The maximum Gasteiger partial charge on any atom is 0.275 e. The van der Waals surface area contributed by atoms with Crippen LogP contribution in [0.4, 0.5) is 5.69 Å². The lowest BCUT2D eigenvalue weighted by atomic mass is 10.2. The van der Waals surface area contributed by atoms with Crippen LogP contribution in [0.5, 0.6) is 0 Å². The Morgan fingerprint density at radius 3 is 2.90 bits per heavy atom. The van der Waals surface area contributed by atoms with Gasteiger partial charge in [-0.05, 0) is 29.5 Å². The maximum atomic E-state index is 12.1. The molecule has 8 heteroatoms. The van der Waals surface area contributed by atoms with Gasteiger partial charge >= 0.3 is 0 Å². The van der Waals surface area contributed by atoms with Gasteiger partial charge in [-0.15, -0.1) is 16.4 Å². The Bertz CT molecular complexity index is 736. The van der Waals surface area contributed by atoms with Gasteiger partial charge in [-0.2, -0.15) is 4.68 Å². The number of aryl methyl sites for hydroxylation is 1. The molecule has 0 spiro atoms. The molecule has 0 unspecified atom stereocenters. The lowest BCUT2D eigenvalue weighted by Gasteiger charge is -2.08. The highest BCUT2D eigenvalue weighted by atomic mass is 32.1.